The van der Waals surface area contributed by atoms with Gasteiger partial charge in [-0.05, 0) is 48.6 Å². The fourth-order valence-corrected chi connectivity index (χ4v) is 1.93. The number of pyridine rings is 2. The van der Waals surface area contributed by atoms with Crippen molar-refractivity contribution in [2.24, 2.45) is 5.84 Å². The minimum absolute atomic E-state index is 0.271. The molecule has 0 saturated carbocycles. The molecule has 0 amide bonds. The van der Waals surface area contributed by atoms with Crippen LogP contribution in [0.2, 0.25) is 0 Å². The minimum atomic E-state index is 0.271. The lowest BCUT2D eigenvalue weighted by Crippen LogP contribution is -2.37. The van der Waals surface area contributed by atoms with Crippen molar-refractivity contribution in [3.63, 3.8) is 0 Å². The van der Waals surface area contributed by atoms with Crippen LogP contribution in [0.5, 0.6) is 0 Å². The summed E-state index contributed by atoms with van der Waals surface area (Å²) in [6.45, 7) is 0. The van der Waals surface area contributed by atoms with Gasteiger partial charge in [0, 0.05) is 30.8 Å². The van der Waals surface area contributed by atoms with Crippen LogP contribution in [0.15, 0.2) is 49.1 Å². The van der Waals surface area contributed by atoms with Gasteiger partial charge in [-0.15, -0.1) is 0 Å². The smallest absolute Gasteiger partial charge is 0.0299 e. The summed E-state index contributed by atoms with van der Waals surface area (Å²) in [6.07, 6.45) is 10.2. The van der Waals surface area contributed by atoms with Gasteiger partial charge >= 0.3 is 0 Å². The van der Waals surface area contributed by atoms with Crippen LogP contribution < -0.4 is 11.3 Å². The number of aryl methyl sites for hydroxylation is 1. The average Bonchev–Trinajstić information content (AvgIpc) is 2.45. The molecule has 0 bridgehead atoms. The molecular weight excluding hydrogens is 224 g/mol. The summed E-state index contributed by atoms with van der Waals surface area (Å²) in [4.78, 5) is 8.12. The summed E-state index contributed by atoms with van der Waals surface area (Å²) in [5.74, 6) is 5.60. The molecule has 0 radical (unpaired) electrons. The van der Waals surface area contributed by atoms with E-state index in [1.165, 1.54) is 11.1 Å². The molecule has 0 fully saturated rings. The first-order valence-electron chi connectivity index (χ1n) is 6.12. The van der Waals surface area contributed by atoms with E-state index in [2.05, 4.69) is 21.5 Å². The Morgan fingerprint density at radius 2 is 1.89 bits per heavy atom. The highest BCUT2D eigenvalue weighted by Gasteiger charge is 2.07. The third kappa shape index (κ3) is 3.91. The second-order valence-electron chi connectivity index (χ2n) is 4.32. The van der Waals surface area contributed by atoms with E-state index in [-0.39, 0.29) is 6.04 Å². The lowest BCUT2D eigenvalue weighted by atomic mass is 10.0. The van der Waals surface area contributed by atoms with Crippen LogP contribution in [0.1, 0.15) is 17.5 Å². The van der Waals surface area contributed by atoms with Crippen molar-refractivity contribution in [1.82, 2.24) is 15.4 Å². The number of hydrogen-bond acceptors (Lipinski definition) is 4. The number of hydrogen-bond donors (Lipinski definition) is 2. The summed E-state index contributed by atoms with van der Waals surface area (Å²) < 4.78 is 0. The predicted octanol–water partition coefficient (Wildman–Crippen LogP) is 1.48. The maximum absolute atomic E-state index is 5.60. The highest BCUT2D eigenvalue weighted by molar-refractivity contribution is 5.12. The van der Waals surface area contributed by atoms with E-state index in [9.17, 15) is 0 Å². The zero-order valence-electron chi connectivity index (χ0n) is 10.3. The average molecular weight is 242 g/mol. The van der Waals surface area contributed by atoms with Crippen LogP contribution >= 0.6 is 0 Å². The molecule has 0 aliphatic heterocycles. The quantitative estimate of drug-likeness (QED) is 0.595. The molecule has 4 nitrogen and oxygen atoms in total. The van der Waals surface area contributed by atoms with Crippen molar-refractivity contribution in [2.75, 3.05) is 0 Å². The lowest BCUT2D eigenvalue weighted by molar-refractivity contribution is 0.491. The van der Waals surface area contributed by atoms with Crippen molar-refractivity contribution in [3.8, 4) is 0 Å². The number of nitrogens with zero attached hydrogens (tertiary/aromatic N) is 2. The van der Waals surface area contributed by atoms with Crippen LogP contribution in [0, 0.1) is 0 Å². The van der Waals surface area contributed by atoms with E-state index in [4.69, 9.17) is 5.84 Å². The summed E-state index contributed by atoms with van der Waals surface area (Å²) in [6, 6.07) is 8.37. The Kier molecular flexibility index (Phi) is 4.81. The van der Waals surface area contributed by atoms with E-state index >= 15 is 0 Å². The zero-order valence-corrected chi connectivity index (χ0v) is 10.3. The van der Waals surface area contributed by atoms with Crippen molar-refractivity contribution in [1.29, 1.82) is 0 Å². The summed E-state index contributed by atoms with van der Waals surface area (Å²) >= 11 is 0. The Balaban J connectivity index is 1.86. The Bertz CT molecular complexity index is 444. The number of hydrazine groups is 1. The van der Waals surface area contributed by atoms with Gasteiger partial charge in [0.15, 0.2) is 0 Å². The Labute approximate surface area is 107 Å². The molecule has 94 valence electrons. The molecule has 0 spiro atoms. The molecule has 1 atom stereocenters. The second-order valence-corrected chi connectivity index (χ2v) is 4.32. The molecule has 0 aliphatic carbocycles. The van der Waals surface area contributed by atoms with Crippen molar-refractivity contribution in [2.45, 2.75) is 25.3 Å². The summed E-state index contributed by atoms with van der Waals surface area (Å²) in [7, 11) is 0. The molecule has 1 unspecified atom stereocenters. The number of nitrogens with two attached hydrogens (primary N) is 1. The molecule has 2 aromatic heterocycles. The van der Waals surface area contributed by atoms with E-state index in [1.54, 1.807) is 6.20 Å². The molecule has 18 heavy (non-hydrogen) atoms. The van der Waals surface area contributed by atoms with Crippen molar-refractivity contribution in [3.05, 3.63) is 60.2 Å². The second kappa shape index (κ2) is 6.83. The van der Waals surface area contributed by atoms with Crippen molar-refractivity contribution < 1.29 is 0 Å². The molecule has 0 aliphatic rings. The maximum atomic E-state index is 5.60. The highest BCUT2D eigenvalue weighted by Crippen LogP contribution is 2.08. The molecule has 2 aromatic rings. The van der Waals surface area contributed by atoms with Crippen LogP contribution in [-0.4, -0.2) is 16.0 Å². The van der Waals surface area contributed by atoms with Gasteiger partial charge in [-0.1, -0.05) is 6.07 Å². The van der Waals surface area contributed by atoms with Crippen LogP contribution in [0.3, 0.4) is 0 Å². The summed E-state index contributed by atoms with van der Waals surface area (Å²) in [5, 5.41) is 0. The van der Waals surface area contributed by atoms with Crippen LogP contribution in [0.4, 0.5) is 0 Å². The van der Waals surface area contributed by atoms with Gasteiger partial charge < -0.3 is 0 Å². The largest absolute Gasteiger partial charge is 0.271 e. The normalized spacial score (nSPS) is 12.3. The fraction of sp³-hybridized carbons (Fsp3) is 0.286. The highest BCUT2D eigenvalue weighted by atomic mass is 15.2. The number of aromatic nitrogens is 2. The Morgan fingerprint density at radius 1 is 1.06 bits per heavy atom. The van der Waals surface area contributed by atoms with E-state index < -0.39 is 0 Å². The van der Waals surface area contributed by atoms with E-state index in [0.29, 0.717) is 0 Å². The first-order valence-corrected chi connectivity index (χ1v) is 6.12. The predicted molar refractivity (Wildman–Crippen MR) is 71.6 cm³/mol. The molecule has 2 heterocycles. The van der Waals surface area contributed by atoms with Gasteiger partial charge in [0.1, 0.15) is 0 Å². The van der Waals surface area contributed by atoms with Gasteiger partial charge in [-0.3, -0.25) is 21.2 Å². The Morgan fingerprint density at radius 3 is 2.56 bits per heavy atom. The standard InChI is InChI=1S/C14H18N4/c15-18-14(10-12-5-8-16-9-6-12)4-3-13-2-1-7-17-11-13/h1-2,5-9,11,14,18H,3-4,10,15H2. The topological polar surface area (TPSA) is 63.8 Å². The molecule has 0 aromatic carbocycles. The van der Waals surface area contributed by atoms with Crippen LogP contribution in [0.25, 0.3) is 0 Å². The minimum Gasteiger partial charge on any atom is -0.271 e. The first-order chi connectivity index (χ1) is 8.88. The van der Waals surface area contributed by atoms with E-state index in [0.717, 1.165) is 19.3 Å². The monoisotopic (exact) mass is 242 g/mol. The molecule has 2 rings (SSSR count). The third-order valence-electron chi connectivity index (χ3n) is 2.97. The van der Waals surface area contributed by atoms with E-state index in [1.807, 2.05) is 36.8 Å². The molecular formula is C14H18N4. The van der Waals surface area contributed by atoms with Crippen molar-refractivity contribution >= 4 is 0 Å². The maximum Gasteiger partial charge on any atom is 0.0299 e. The molecule has 0 saturated heterocycles. The number of nitrogens with one attached hydrogen (secondary N) is 1. The first kappa shape index (κ1) is 12.7. The van der Waals surface area contributed by atoms with Gasteiger partial charge in [0.25, 0.3) is 0 Å². The fourth-order valence-electron chi connectivity index (χ4n) is 1.93. The van der Waals surface area contributed by atoms with Gasteiger partial charge in [-0.25, -0.2) is 0 Å². The molecule has 3 N–H and O–H groups in total. The summed E-state index contributed by atoms with van der Waals surface area (Å²) in [5.41, 5.74) is 5.37. The molecule has 4 heteroatoms. The van der Waals surface area contributed by atoms with Gasteiger partial charge in [0.2, 0.25) is 0 Å². The SMILES string of the molecule is NNC(CCc1cccnc1)Cc1ccncc1. The zero-order chi connectivity index (χ0) is 12.6. The van der Waals surface area contributed by atoms with Gasteiger partial charge in [0.05, 0.1) is 0 Å². The van der Waals surface area contributed by atoms with Crippen LogP contribution in [-0.2, 0) is 12.8 Å². The number of rotatable bonds is 6. The third-order valence-corrected chi connectivity index (χ3v) is 2.97. The Hall–Kier alpha value is -1.78. The lowest BCUT2D eigenvalue weighted by Gasteiger charge is -2.15. The van der Waals surface area contributed by atoms with Gasteiger partial charge in [-0.2, -0.15) is 0 Å².